The van der Waals surface area contributed by atoms with Crippen LogP contribution in [0.5, 0.6) is 0 Å². The molecule has 0 radical (unpaired) electrons. The number of aliphatic carboxylic acids is 1. The Bertz CT molecular complexity index is 181. The van der Waals surface area contributed by atoms with Gasteiger partial charge in [0.25, 0.3) is 0 Å². The molecule has 0 aromatic carbocycles. The Hall–Kier alpha value is -1.06. The summed E-state index contributed by atoms with van der Waals surface area (Å²) in [6.07, 6.45) is 1.42. The van der Waals surface area contributed by atoms with E-state index in [1.54, 1.807) is 6.92 Å². The largest absolute Gasteiger partial charge is 0.481 e. The maximum absolute atomic E-state index is 10.4. The molecule has 0 aromatic rings. The average Bonchev–Trinajstić information content (AvgIpc) is 2.67. The summed E-state index contributed by atoms with van der Waals surface area (Å²) < 4.78 is 0. The first kappa shape index (κ1) is 8.04. The lowest BCUT2D eigenvalue weighted by atomic mass is 10.1. The van der Waals surface area contributed by atoms with Gasteiger partial charge >= 0.3 is 5.97 Å². The zero-order chi connectivity index (χ0) is 8.43. The molecule has 0 heterocycles. The third-order valence-electron chi connectivity index (χ3n) is 2.15. The van der Waals surface area contributed by atoms with Crippen LogP contribution in [0, 0.1) is 11.8 Å². The van der Waals surface area contributed by atoms with E-state index in [0.29, 0.717) is 6.41 Å². The highest BCUT2D eigenvalue weighted by Crippen LogP contribution is 2.37. The summed E-state index contributed by atoms with van der Waals surface area (Å²) in [6.45, 7) is 1.67. The Balaban J connectivity index is 2.31. The third-order valence-corrected chi connectivity index (χ3v) is 2.15. The lowest BCUT2D eigenvalue weighted by Gasteiger charge is -2.02. The molecule has 3 atom stereocenters. The summed E-state index contributed by atoms with van der Waals surface area (Å²) in [6, 6.07) is 0.0959. The molecular formula is C7H11NO3. The normalized spacial score (nSPS) is 30.6. The zero-order valence-electron chi connectivity index (χ0n) is 6.28. The molecule has 3 unspecified atom stereocenters. The van der Waals surface area contributed by atoms with Gasteiger partial charge in [0.1, 0.15) is 0 Å². The Morgan fingerprint density at radius 2 is 2.45 bits per heavy atom. The molecule has 0 spiro atoms. The number of nitrogens with one attached hydrogen (secondary N) is 1. The number of hydrogen-bond acceptors (Lipinski definition) is 2. The summed E-state index contributed by atoms with van der Waals surface area (Å²) in [5, 5.41) is 11.1. The molecule has 1 amide bonds. The fourth-order valence-electron chi connectivity index (χ4n) is 1.23. The van der Waals surface area contributed by atoms with Crippen LogP contribution in [0.2, 0.25) is 0 Å². The first-order valence-corrected chi connectivity index (χ1v) is 3.59. The van der Waals surface area contributed by atoms with Crippen molar-refractivity contribution in [3.8, 4) is 0 Å². The van der Waals surface area contributed by atoms with Gasteiger partial charge in [0.2, 0.25) is 6.41 Å². The Morgan fingerprint density at radius 3 is 2.91 bits per heavy atom. The van der Waals surface area contributed by atoms with Crippen LogP contribution in [0.25, 0.3) is 0 Å². The van der Waals surface area contributed by atoms with E-state index in [1.807, 2.05) is 0 Å². The number of rotatable bonds is 4. The van der Waals surface area contributed by atoms with E-state index in [4.69, 9.17) is 5.11 Å². The maximum Gasteiger partial charge on any atom is 0.306 e. The van der Waals surface area contributed by atoms with Crippen LogP contribution in [-0.4, -0.2) is 23.5 Å². The lowest BCUT2D eigenvalue weighted by Crippen LogP contribution is -2.21. The van der Waals surface area contributed by atoms with Crippen molar-refractivity contribution in [2.45, 2.75) is 19.4 Å². The van der Waals surface area contributed by atoms with Gasteiger partial charge in [-0.15, -0.1) is 0 Å². The number of carboxylic acids is 1. The van der Waals surface area contributed by atoms with Crippen molar-refractivity contribution in [2.24, 2.45) is 11.8 Å². The van der Waals surface area contributed by atoms with Crippen LogP contribution < -0.4 is 5.32 Å². The van der Waals surface area contributed by atoms with Crippen molar-refractivity contribution in [3.63, 3.8) is 0 Å². The quantitative estimate of drug-likeness (QED) is 0.557. The van der Waals surface area contributed by atoms with Gasteiger partial charge in [-0.1, -0.05) is 6.92 Å². The molecule has 1 aliphatic rings. The number of carbonyl (C=O) groups is 2. The minimum atomic E-state index is -0.787. The second-order valence-corrected chi connectivity index (χ2v) is 2.92. The van der Waals surface area contributed by atoms with E-state index < -0.39 is 5.97 Å². The highest BCUT2D eigenvalue weighted by Gasteiger charge is 2.43. The number of carboxylic acid groups (broad SMARTS) is 1. The van der Waals surface area contributed by atoms with Crippen LogP contribution in [0.15, 0.2) is 0 Å². The Labute approximate surface area is 64.6 Å². The van der Waals surface area contributed by atoms with E-state index in [1.165, 1.54) is 0 Å². The number of amides is 1. The fourth-order valence-corrected chi connectivity index (χ4v) is 1.23. The SMILES string of the molecule is CC(C(=O)O)C1CC1NC=O. The molecule has 0 aromatic heterocycles. The van der Waals surface area contributed by atoms with Crippen molar-refractivity contribution >= 4 is 12.4 Å². The van der Waals surface area contributed by atoms with Gasteiger partial charge in [-0.3, -0.25) is 9.59 Å². The van der Waals surface area contributed by atoms with Crippen molar-refractivity contribution in [3.05, 3.63) is 0 Å². The summed E-state index contributed by atoms with van der Waals surface area (Å²) >= 11 is 0. The van der Waals surface area contributed by atoms with Gasteiger partial charge < -0.3 is 10.4 Å². The van der Waals surface area contributed by atoms with Gasteiger partial charge in [0.05, 0.1) is 5.92 Å². The monoisotopic (exact) mass is 157 g/mol. The standard InChI is InChI=1S/C7H11NO3/c1-4(7(10)11)5-2-6(5)8-3-9/h3-6H,2H2,1H3,(H,8,9)(H,10,11). The molecule has 1 fully saturated rings. The number of hydrogen-bond donors (Lipinski definition) is 2. The summed E-state index contributed by atoms with van der Waals surface area (Å²) in [5.41, 5.74) is 0. The van der Waals surface area contributed by atoms with Gasteiger partial charge in [0.15, 0.2) is 0 Å². The van der Waals surface area contributed by atoms with E-state index in [0.717, 1.165) is 6.42 Å². The Morgan fingerprint density at radius 1 is 1.82 bits per heavy atom. The Kier molecular flexibility index (Phi) is 2.12. The molecule has 1 rings (SSSR count). The van der Waals surface area contributed by atoms with E-state index in [2.05, 4.69) is 5.32 Å². The first-order valence-electron chi connectivity index (χ1n) is 3.59. The molecule has 0 bridgehead atoms. The summed E-state index contributed by atoms with van der Waals surface area (Å²) in [5.74, 6) is -0.990. The van der Waals surface area contributed by atoms with Crippen LogP contribution in [0.1, 0.15) is 13.3 Å². The highest BCUT2D eigenvalue weighted by molar-refractivity contribution is 5.70. The van der Waals surface area contributed by atoms with Crippen LogP contribution in [-0.2, 0) is 9.59 Å². The lowest BCUT2D eigenvalue weighted by molar-refractivity contribution is -0.141. The van der Waals surface area contributed by atoms with E-state index in [9.17, 15) is 9.59 Å². The zero-order valence-corrected chi connectivity index (χ0v) is 6.28. The van der Waals surface area contributed by atoms with E-state index in [-0.39, 0.29) is 17.9 Å². The van der Waals surface area contributed by atoms with Crippen molar-refractivity contribution < 1.29 is 14.7 Å². The topological polar surface area (TPSA) is 66.4 Å². The van der Waals surface area contributed by atoms with Gasteiger partial charge in [-0.25, -0.2) is 0 Å². The van der Waals surface area contributed by atoms with Crippen LogP contribution in [0.4, 0.5) is 0 Å². The second kappa shape index (κ2) is 2.90. The van der Waals surface area contributed by atoms with Crippen molar-refractivity contribution in [1.82, 2.24) is 5.32 Å². The summed E-state index contributed by atoms with van der Waals surface area (Å²) in [7, 11) is 0. The van der Waals surface area contributed by atoms with Crippen molar-refractivity contribution in [1.29, 1.82) is 0 Å². The maximum atomic E-state index is 10.4. The van der Waals surface area contributed by atoms with Gasteiger partial charge in [-0.05, 0) is 12.3 Å². The molecule has 4 nitrogen and oxygen atoms in total. The third kappa shape index (κ3) is 1.69. The molecule has 0 aliphatic heterocycles. The first-order chi connectivity index (χ1) is 5.16. The minimum absolute atomic E-state index is 0.0959. The van der Waals surface area contributed by atoms with Crippen LogP contribution >= 0.6 is 0 Å². The second-order valence-electron chi connectivity index (χ2n) is 2.92. The fraction of sp³-hybridized carbons (Fsp3) is 0.714. The predicted molar refractivity (Wildman–Crippen MR) is 37.9 cm³/mol. The molecule has 1 aliphatic carbocycles. The van der Waals surface area contributed by atoms with E-state index >= 15 is 0 Å². The molecule has 0 saturated heterocycles. The minimum Gasteiger partial charge on any atom is -0.481 e. The van der Waals surface area contributed by atoms with Crippen LogP contribution in [0.3, 0.4) is 0 Å². The molecule has 4 heteroatoms. The highest BCUT2D eigenvalue weighted by atomic mass is 16.4. The van der Waals surface area contributed by atoms with Gasteiger partial charge in [-0.2, -0.15) is 0 Å². The van der Waals surface area contributed by atoms with Gasteiger partial charge in [0, 0.05) is 6.04 Å². The number of carbonyl (C=O) groups excluding carboxylic acids is 1. The van der Waals surface area contributed by atoms with Crippen molar-refractivity contribution in [2.75, 3.05) is 0 Å². The molecule has 2 N–H and O–H groups in total. The predicted octanol–water partition coefficient (Wildman–Crippen LogP) is -0.158. The molecular weight excluding hydrogens is 146 g/mol. The summed E-state index contributed by atoms with van der Waals surface area (Å²) in [4.78, 5) is 20.3. The molecule has 62 valence electrons. The smallest absolute Gasteiger partial charge is 0.306 e. The molecule has 11 heavy (non-hydrogen) atoms. The average molecular weight is 157 g/mol. The molecule has 1 saturated carbocycles.